The van der Waals surface area contributed by atoms with Crippen molar-refractivity contribution in [3.63, 3.8) is 0 Å². The second kappa shape index (κ2) is 10.2. The summed E-state index contributed by atoms with van der Waals surface area (Å²) in [6.07, 6.45) is 4.70. The zero-order valence-corrected chi connectivity index (χ0v) is 22.4. The third-order valence-corrected chi connectivity index (χ3v) is 5.77. The van der Waals surface area contributed by atoms with Crippen molar-refractivity contribution in [2.45, 2.75) is 60.1 Å². The van der Waals surface area contributed by atoms with E-state index < -0.39 is 11.5 Å². The van der Waals surface area contributed by atoms with E-state index in [1.807, 2.05) is 64.0 Å². The monoisotopic (exact) mass is 510 g/mol. The number of imidazole rings is 1. The highest BCUT2D eigenvalue weighted by Gasteiger charge is 2.32. The van der Waals surface area contributed by atoms with Gasteiger partial charge in [0.2, 0.25) is 11.8 Å². The molecule has 1 N–H and O–H groups in total. The quantitative estimate of drug-likeness (QED) is 0.550. The van der Waals surface area contributed by atoms with E-state index >= 15 is 0 Å². The Morgan fingerprint density at radius 1 is 1.14 bits per heavy atom. The third-order valence-electron chi connectivity index (χ3n) is 5.77. The molecule has 3 aromatic rings. The van der Waals surface area contributed by atoms with Crippen molar-refractivity contribution in [3.05, 3.63) is 35.5 Å². The van der Waals surface area contributed by atoms with E-state index in [4.69, 9.17) is 9.47 Å². The molecule has 12 heteroatoms. The Hall–Kier alpha value is -3.96. The number of amides is 2. The van der Waals surface area contributed by atoms with Crippen LogP contribution in [0.2, 0.25) is 0 Å². The standard InChI is InChI=1S/C25H34N8O4/c1-8-36-22-18(21(34)29-19-14-32-12-15(2)27-20(32)17(4)28-19)11-26-23(30-22)31-9-10-33(16(3)13-31)24(35)37-25(5,6)7/h11-12,14,16H,8-10,13H2,1-7H3,(H,29,34)/t16-/m0/s1. The van der Waals surface area contributed by atoms with Crippen molar-refractivity contribution in [2.75, 3.05) is 36.5 Å². The third kappa shape index (κ3) is 5.89. The number of nitrogens with one attached hydrogen (secondary N) is 1. The van der Waals surface area contributed by atoms with Gasteiger partial charge >= 0.3 is 6.09 Å². The summed E-state index contributed by atoms with van der Waals surface area (Å²) in [7, 11) is 0. The first kappa shape index (κ1) is 26.1. The number of aromatic nitrogens is 5. The smallest absolute Gasteiger partial charge is 0.410 e. The van der Waals surface area contributed by atoms with Crippen molar-refractivity contribution in [1.29, 1.82) is 0 Å². The fourth-order valence-electron chi connectivity index (χ4n) is 4.16. The molecule has 0 saturated carbocycles. The van der Waals surface area contributed by atoms with Gasteiger partial charge in [0.05, 0.1) is 24.2 Å². The molecule has 2 amide bonds. The van der Waals surface area contributed by atoms with Crippen LogP contribution in [0.1, 0.15) is 56.4 Å². The molecule has 0 aromatic carbocycles. The van der Waals surface area contributed by atoms with Crippen molar-refractivity contribution in [2.24, 2.45) is 0 Å². The minimum atomic E-state index is -0.558. The number of carbonyl (C=O) groups excluding carboxylic acids is 2. The Balaban J connectivity index is 1.50. The van der Waals surface area contributed by atoms with E-state index in [0.29, 0.717) is 43.7 Å². The summed E-state index contributed by atoms with van der Waals surface area (Å²) in [6, 6.07) is -0.109. The molecule has 4 rings (SSSR count). The average Bonchev–Trinajstić information content (AvgIpc) is 3.18. The molecule has 0 aliphatic carbocycles. The van der Waals surface area contributed by atoms with Gasteiger partial charge in [0.25, 0.3) is 5.91 Å². The van der Waals surface area contributed by atoms with E-state index in [0.717, 1.165) is 11.3 Å². The van der Waals surface area contributed by atoms with Crippen LogP contribution in [0.15, 0.2) is 18.6 Å². The molecule has 4 heterocycles. The lowest BCUT2D eigenvalue weighted by Crippen LogP contribution is -2.55. The summed E-state index contributed by atoms with van der Waals surface area (Å²) < 4.78 is 13.1. The summed E-state index contributed by atoms with van der Waals surface area (Å²) >= 11 is 0. The van der Waals surface area contributed by atoms with Gasteiger partial charge < -0.3 is 29.0 Å². The maximum atomic E-state index is 13.1. The van der Waals surface area contributed by atoms with Gasteiger partial charge in [0.15, 0.2) is 5.65 Å². The second-order valence-corrected chi connectivity index (χ2v) is 10.1. The van der Waals surface area contributed by atoms with Crippen LogP contribution < -0.4 is 15.0 Å². The largest absolute Gasteiger partial charge is 0.477 e. The Labute approximate surface area is 216 Å². The van der Waals surface area contributed by atoms with Crippen LogP contribution in [0.25, 0.3) is 5.65 Å². The first-order valence-electron chi connectivity index (χ1n) is 12.3. The first-order chi connectivity index (χ1) is 17.4. The van der Waals surface area contributed by atoms with Crippen LogP contribution >= 0.6 is 0 Å². The van der Waals surface area contributed by atoms with Crippen LogP contribution in [0.3, 0.4) is 0 Å². The van der Waals surface area contributed by atoms with Crippen molar-refractivity contribution in [3.8, 4) is 5.88 Å². The Morgan fingerprint density at radius 3 is 2.57 bits per heavy atom. The van der Waals surface area contributed by atoms with Gasteiger partial charge in [-0.1, -0.05) is 0 Å². The summed E-state index contributed by atoms with van der Waals surface area (Å²) in [5.74, 6) is 0.565. The number of nitrogens with zero attached hydrogens (tertiary/aromatic N) is 7. The average molecular weight is 511 g/mol. The van der Waals surface area contributed by atoms with Gasteiger partial charge in [0, 0.05) is 38.1 Å². The van der Waals surface area contributed by atoms with Gasteiger partial charge in [-0.2, -0.15) is 4.98 Å². The molecule has 0 unspecified atom stereocenters. The zero-order valence-electron chi connectivity index (χ0n) is 22.4. The fourth-order valence-corrected chi connectivity index (χ4v) is 4.16. The summed E-state index contributed by atoms with van der Waals surface area (Å²) in [5.41, 5.74) is 1.93. The molecule has 198 valence electrons. The number of hydrogen-bond donors (Lipinski definition) is 1. The maximum Gasteiger partial charge on any atom is 0.410 e. The normalized spacial score (nSPS) is 16.1. The number of hydrogen-bond acceptors (Lipinski definition) is 9. The Bertz CT molecular complexity index is 1320. The van der Waals surface area contributed by atoms with E-state index in [1.165, 1.54) is 6.20 Å². The molecule has 1 fully saturated rings. The maximum absolute atomic E-state index is 13.1. The highest BCUT2D eigenvalue weighted by atomic mass is 16.6. The van der Waals surface area contributed by atoms with Crippen molar-refractivity contribution in [1.82, 2.24) is 29.2 Å². The lowest BCUT2D eigenvalue weighted by Gasteiger charge is -2.40. The van der Waals surface area contributed by atoms with Crippen LogP contribution in [-0.2, 0) is 4.74 Å². The summed E-state index contributed by atoms with van der Waals surface area (Å²) in [6.45, 7) is 14.9. The Morgan fingerprint density at radius 2 is 1.89 bits per heavy atom. The molecular formula is C25H34N8O4. The van der Waals surface area contributed by atoms with Gasteiger partial charge in [-0.3, -0.25) is 4.79 Å². The minimum absolute atomic E-state index is 0.109. The zero-order chi connectivity index (χ0) is 26.9. The van der Waals surface area contributed by atoms with Gasteiger partial charge in [-0.25, -0.2) is 19.7 Å². The highest BCUT2D eigenvalue weighted by molar-refractivity contribution is 6.05. The molecule has 0 radical (unpaired) electrons. The predicted octanol–water partition coefficient (Wildman–Crippen LogP) is 3.23. The molecule has 0 spiro atoms. The number of carbonyl (C=O) groups is 2. The SMILES string of the molecule is CCOc1nc(N2CCN(C(=O)OC(C)(C)C)[C@@H](C)C2)ncc1C(=O)Nc1cn2cc(C)nc2c(C)n1. The number of ether oxygens (including phenoxy) is 2. The Kier molecular flexibility index (Phi) is 7.19. The number of piperazine rings is 1. The van der Waals surface area contributed by atoms with E-state index in [2.05, 4.69) is 25.3 Å². The van der Waals surface area contributed by atoms with E-state index in [1.54, 1.807) is 11.1 Å². The minimum Gasteiger partial charge on any atom is -0.477 e. The van der Waals surface area contributed by atoms with Crippen LogP contribution in [0.5, 0.6) is 5.88 Å². The molecule has 1 saturated heterocycles. The summed E-state index contributed by atoms with van der Waals surface area (Å²) in [4.78, 5) is 47.2. The first-order valence-corrected chi connectivity index (χ1v) is 12.3. The molecular weight excluding hydrogens is 476 g/mol. The van der Waals surface area contributed by atoms with Crippen LogP contribution in [0, 0.1) is 13.8 Å². The topological polar surface area (TPSA) is 127 Å². The number of fused-ring (bicyclic) bond motifs is 1. The molecule has 37 heavy (non-hydrogen) atoms. The van der Waals surface area contributed by atoms with Gasteiger partial charge in [-0.05, 0) is 48.5 Å². The van der Waals surface area contributed by atoms with Gasteiger partial charge in [0.1, 0.15) is 17.0 Å². The number of aryl methyl sites for hydroxylation is 2. The molecule has 1 atom stereocenters. The predicted molar refractivity (Wildman–Crippen MR) is 138 cm³/mol. The molecule has 0 bridgehead atoms. The highest BCUT2D eigenvalue weighted by Crippen LogP contribution is 2.23. The summed E-state index contributed by atoms with van der Waals surface area (Å²) in [5, 5.41) is 2.81. The van der Waals surface area contributed by atoms with E-state index in [9.17, 15) is 9.59 Å². The number of rotatable bonds is 5. The second-order valence-electron chi connectivity index (χ2n) is 10.1. The molecule has 3 aromatic heterocycles. The molecule has 1 aliphatic rings. The lowest BCUT2D eigenvalue weighted by molar-refractivity contribution is 0.0158. The van der Waals surface area contributed by atoms with Crippen LogP contribution in [0.4, 0.5) is 16.6 Å². The van der Waals surface area contributed by atoms with Gasteiger partial charge in [-0.15, -0.1) is 0 Å². The van der Waals surface area contributed by atoms with Crippen LogP contribution in [-0.4, -0.2) is 79.1 Å². The fraction of sp³-hybridized carbons (Fsp3) is 0.520. The molecule has 12 nitrogen and oxygen atoms in total. The van der Waals surface area contributed by atoms with E-state index in [-0.39, 0.29) is 23.6 Å². The van der Waals surface area contributed by atoms with Crippen molar-refractivity contribution < 1.29 is 19.1 Å². The number of anilines is 2. The van der Waals surface area contributed by atoms with Crippen molar-refractivity contribution >= 4 is 29.4 Å². The lowest BCUT2D eigenvalue weighted by atomic mass is 10.2. The molecule has 1 aliphatic heterocycles.